The summed E-state index contributed by atoms with van der Waals surface area (Å²) in [6.45, 7) is 3.86. The van der Waals surface area contributed by atoms with Crippen molar-refractivity contribution >= 4 is 43.0 Å². The molecule has 0 amide bonds. The molecule has 0 aliphatic carbocycles. The van der Waals surface area contributed by atoms with Crippen molar-refractivity contribution in [1.82, 2.24) is 9.97 Å². The standard InChI is InChI=1S/C20H18N4.2ClH.Fe/c1-15(22-17-9-5-3-6-10-17)19-13-14-21-20(24-19)16(2)23-18-11-7-4-8-12-18;;;/h3-14H,1-2H3;2*1H;/q;;;+2/p-2. The van der Waals surface area contributed by atoms with E-state index in [-0.39, 0.29) is 13.1 Å². The van der Waals surface area contributed by atoms with Gasteiger partial charge < -0.3 is 0 Å². The van der Waals surface area contributed by atoms with E-state index < -0.39 is 0 Å². The first kappa shape index (κ1) is 21.3. The summed E-state index contributed by atoms with van der Waals surface area (Å²) >= 11 is 0.194. The maximum atomic E-state index is 4.76. The van der Waals surface area contributed by atoms with Crippen LogP contribution in [0.15, 0.2) is 82.9 Å². The Kier molecular flexibility index (Phi) is 9.16. The van der Waals surface area contributed by atoms with Gasteiger partial charge in [-0.2, -0.15) is 0 Å². The summed E-state index contributed by atoms with van der Waals surface area (Å²) in [5.74, 6) is 0.610. The molecule has 0 aliphatic heterocycles. The molecule has 0 fully saturated rings. The number of para-hydroxylation sites is 2. The van der Waals surface area contributed by atoms with Gasteiger partial charge in [-0.05, 0) is 44.2 Å². The summed E-state index contributed by atoms with van der Waals surface area (Å²) in [4.78, 5) is 18.1. The fourth-order valence-electron chi connectivity index (χ4n) is 2.23. The van der Waals surface area contributed by atoms with E-state index in [0.29, 0.717) is 5.82 Å². The number of aliphatic imine (C=N–C) groups is 2. The summed E-state index contributed by atoms with van der Waals surface area (Å²) in [6, 6.07) is 21.5. The monoisotopic (exact) mass is 440 g/mol. The Morgan fingerprint density at radius 2 is 1.26 bits per heavy atom. The molecule has 2 aromatic carbocycles. The van der Waals surface area contributed by atoms with E-state index in [1.165, 1.54) is 0 Å². The Balaban J connectivity index is 0.000000817. The molecule has 1 heterocycles. The van der Waals surface area contributed by atoms with Crippen LogP contribution in [0.4, 0.5) is 11.4 Å². The number of hydrogen-bond acceptors (Lipinski definition) is 4. The third-order valence-electron chi connectivity index (χ3n) is 3.46. The molecule has 0 bridgehead atoms. The molecule has 0 radical (unpaired) electrons. The van der Waals surface area contributed by atoms with E-state index in [1.54, 1.807) is 6.20 Å². The van der Waals surface area contributed by atoms with Gasteiger partial charge in [0.05, 0.1) is 28.5 Å². The summed E-state index contributed by atoms with van der Waals surface area (Å²) in [5, 5.41) is 0. The molecule has 3 rings (SSSR count). The van der Waals surface area contributed by atoms with Crippen molar-refractivity contribution in [1.29, 1.82) is 0 Å². The first-order chi connectivity index (χ1) is 13.1. The molecule has 1 aromatic heterocycles. The van der Waals surface area contributed by atoms with Gasteiger partial charge in [0.1, 0.15) is 0 Å². The van der Waals surface area contributed by atoms with Gasteiger partial charge in [-0.25, -0.2) is 15.0 Å². The van der Waals surface area contributed by atoms with Crippen molar-refractivity contribution in [2.45, 2.75) is 13.8 Å². The van der Waals surface area contributed by atoms with Gasteiger partial charge in [0.25, 0.3) is 0 Å². The molecular weight excluding hydrogens is 423 g/mol. The zero-order valence-corrected chi connectivity index (χ0v) is 17.4. The fourth-order valence-corrected chi connectivity index (χ4v) is 2.23. The first-order valence-corrected chi connectivity index (χ1v) is 11.1. The molecule has 140 valence electrons. The zero-order chi connectivity index (χ0) is 19.5. The Bertz CT molecular complexity index is 829. The number of rotatable bonds is 4. The van der Waals surface area contributed by atoms with Crippen molar-refractivity contribution in [2.75, 3.05) is 0 Å². The number of hydrogen-bond donors (Lipinski definition) is 0. The number of aromatic nitrogens is 2. The second kappa shape index (κ2) is 11.6. The Morgan fingerprint density at radius 3 is 1.78 bits per heavy atom. The predicted molar refractivity (Wildman–Crippen MR) is 110 cm³/mol. The van der Waals surface area contributed by atoms with Crippen LogP contribution in [0.2, 0.25) is 0 Å². The average molecular weight is 441 g/mol. The van der Waals surface area contributed by atoms with E-state index >= 15 is 0 Å². The van der Waals surface area contributed by atoms with Crippen molar-refractivity contribution in [2.24, 2.45) is 9.98 Å². The van der Waals surface area contributed by atoms with Crippen LogP contribution in [0, 0.1) is 0 Å². The molecule has 0 N–H and O–H groups in total. The fraction of sp³-hybridized carbons (Fsp3) is 0.100. The van der Waals surface area contributed by atoms with Crippen LogP contribution in [0.25, 0.3) is 0 Å². The maximum absolute atomic E-state index is 4.76. The first-order valence-electron chi connectivity index (χ1n) is 8.03. The van der Waals surface area contributed by atoms with Gasteiger partial charge >= 0.3 is 33.3 Å². The van der Waals surface area contributed by atoms with Crippen molar-refractivity contribution in [3.8, 4) is 0 Å². The molecule has 3 aromatic rings. The van der Waals surface area contributed by atoms with Crippen LogP contribution >= 0.6 is 20.2 Å². The molecular formula is C20H18Cl2FeN4. The third-order valence-corrected chi connectivity index (χ3v) is 3.46. The summed E-state index contributed by atoms with van der Waals surface area (Å²) in [7, 11) is 9.53. The van der Waals surface area contributed by atoms with E-state index in [2.05, 4.69) is 20.0 Å². The molecule has 7 heteroatoms. The quantitative estimate of drug-likeness (QED) is 0.361. The minimum absolute atomic E-state index is 0.194. The van der Waals surface area contributed by atoms with Crippen molar-refractivity contribution < 1.29 is 13.1 Å². The zero-order valence-electron chi connectivity index (χ0n) is 14.8. The van der Waals surface area contributed by atoms with Crippen LogP contribution in [0.1, 0.15) is 25.4 Å². The molecule has 0 saturated heterocycles. The van der Waals surface area contributed by atoms with Crippen LogP contribution in [-0.4, -0.2) is 21.4 Å². The SMILES string of the molecule is CC(=Nc1ccccc1)c1ccnc(C(C)=Nc2ccccc2)n1.[Cl][Fe][Cl]. The second-order valence-electron chi connectivity index (χ2n) is 5.38. The van der Waals surface area contributed by atoms with Crippen LogP contribution in [0.3, 0.4) is 0 Å². The Labute approximate surface area is 174 Å². The van der Waals surface area contributed by atoms with Gasteiger partial charge in [-0.15, -0.1) is 0 Å². The number of halogens is 2. The Hall–Kier alpha value is -2.04. The predicted octanol–water partition coefficient (Wildman–Crippen LogP) is 6.13. The molecule has 27 heavy (non-hydrogen) atoms. The van der Waals surface area contributed by atoms with E-state index in [9.17, 15) is 0 Å². The molecule has 0 atom stereocenters. The van der Waals surface area contributed by atoms with E-state index in [1.807, 2.05) is 80.6 Å². The minimum atomic E-state index is 0.194. The topological polar surface area (TPSA) is 50.5 Å². The normalized spacial score (nSPS) is 11.7. The van der Waals surface area contributed by atoms with Crippen LogP contribution in [0.5, 0.6) is 0 Å². The van der Waals surface area contributed by atoms with E-state index in [0.717, 1.165) is 28.5 Å². The molecule has 0 unspecified atom stereocenters. The van der Waals surface area contributed by atoms with Crippen LogP contribution < -0.4 is 0 Å². The summed E-state index contributed by atoms with van der Waals surface area (Å²) in [6.07, 6.45) is 1.74. The Morgan fingerprint density at radius 1 is 0.778 bits per heavy atom. The van der Waals surface area contributed by atoms with E-state index in [4.69, 9.17) is 20.2 Å². The van der Waals surface area contributed by atoms with Crippen molar-refractivity contribution in [3.63, 3.8) is 0 Å². The average Bonchev–Trinajstić information content (AvgIpc) is 2.70. The van der Waals surface area contributed by atoms with Gasteiger partial charge in [-0.1, -0.05) is 36.4 Å². The number of nitrogens with zero attached hydrogens (tertiary/aromatic N) is 4. The van der Waals surface area contributed by atoms with Crippen molar-refractivity contribution in [3.05, 3.63) is 84.4 Å². The molecule has 0 spiro atoms. The van der Waals surface area contributed by atoms with Gasteiger partial charge in [0, 0.05) is 6.20 Å². The second-order valence-corrected chi connectivity index (χ2v) is 7.21. The summed E-state index contributed by atoms with van der Waals surface area (Å²) in [5.41, 5.74) is 4.21. The number of benzene rings is 2. The molecule has 0 aliphatic rings. The summed E-state index contributed by atoms with van der Waals surface area (Å²) < 4.78 is 0. The third kappa shape index (κ3) is 7.24. The van der Waals surface area contributed by atoms with Gasteiger partial charge in [0.15, 0.2) is 5.82 Å². The van der Waals surface area contributed by atoms with Crippen LogP contribution in [-0.2, 0) is 13.1 Å². The molecule has 4 nitrogen and oxygen atoms in total. The molecule has 0 saturated carbocycles. The van der Waals surface area contributed by atoms with Gasteiger partial charge in [-0.3, -0.25) is 4.99 Å². The van der Waals surface area contributed by atoms with Gasteiger partial charge in [0.2, 0.25) is 0 Å².